The van der Waals surface area contributed by atoms with Gasteiger partial charge in [0.25, 0.3) is 5.56 Å². The fraction of sp³-hybridized carbons (Fsp3) is 0.364. The van der Waals surface area contributed by atoms with Gasteiger partial charge in [-0.15, -0.1) is 0 Å². The van der Waals surface area contributed by atoms with Crippen molar-refractivity contribution in [1.82, 2.24) is 19.8 Å². The maximum Gasteiger partial charge on any atom is 0.258 e. The summed E-state index contributed by atoms with van der Waals surface area (Å²) in [6, 6.07) is 8.98. The molecule has 1 N–H and O–H groups in total. The second-order valence-electron chi connectivity index (χ2n) is 8.03. The van der Waals surface area contributed by atoms with Crippen molar-refractivity contribution in [2.45, 2.75) is 12.8 Å². The van der Waals surface area contributed by atoms with Crippen LogP contribution in [0.1, 0.15) is 12.8 Å². The van der Waals surface area contributed by atoms with Gasteiger partial charge in [0.2, 0.25) is 0 Å². The maximum atomic E-state index is 12.7. The molecule has 0 saturated carbocycles. The van der Waals surface area contributed by atoms with Crippen LogP contribution in [0.4, 0.5) is 0 Å². The summed E-state index contributed by atoms with van der Waals surface area (Å²) in [7, 11) is 2.18. The lowest BCUT2D eigenvalue weighted by Crippen LogP contribution is -2.48. The number of nitrogens with zero attached hydrogens (tertiary/aromatic N) is 3. The molecule has 0 amide bonds. The molecule has 0 bridgehead atoms. The monoisotopic (exact) mass is 394 g/mol. The summed E-state index contributed by atoms with van der Waals surface area (Å²) < 4.78 is 1.68. The summed E-state index contributed by atoms with van der Waals surface area (Å²) in [4.78, 5) is 19.6. The number of allylic oxidation sites excluding steroid dienone is 2. The highest BCUT2D eigenvalue weighted by molar-refractivity contribution is 6.30. The van der Waals surface area contributed by atoms with Crippen molar-refractivity contribution >= 4 is 17.3 Å². The zero-order chi connectivity index (χ0) is 19.3. The van der Waals surface area contributed by atoms with Crippen LogP contribution in [-0.4, -0.2) is 41.1 Å². The molecule has 1 saturated heterocycles. The molecule has 5 nitrogen and oxygen atoms in total. The number of rotatable bonds is 3. The van der Waals surface area contributed by atoms with Crippen LogP contribution in [0.5, 0.6) is 0 Å². The SMILES string of the molecule is CN1CC(C2CNC3=C2CCC(n2cnc(-c4ccc(Cl)cc4)cc2=O)=C3)C1. The van der Waals surface area contributed by atoms with Gasteiger partial charge in [-0.05, 0) is 49.6 Å². The topological polar surface area (TPSA) is 50.2 Å². The summed E-state index contributed by atoms with van der Waals surface area (Å²) in [5, 5.41) is 4.24. The minimum Gasteiger partial charge on any atom is -0.384 e. The molecule has 1 unspecified atom stereocenters. The van der Waals surface area contributed by atoms with Crippen LogP contribution in [0.2, 0.25) is 5.02 Å². The number of hydrogen-bond donors (Lipinski definition) is 1. The smallest absolute Gasteiger partial charge is 0.258 e. The van der Waals surface area contributed by atoms with Crippen molar-refractivity contribution in [2.75, 3.05) is 26.7 Å². The van der Waals surface area contributed by atoms with E-state index in [9.17, 15) is 4.79 Å². The van der Waals surface area contributed by atoms with Crippen molar-refractivity contribution in [1.29, 1.82) is 0 Å². The Morgan fingerprint density at radius 1 is 1.18 bits per heavy atom. The van der Waals surface area contributed by atoms with Crippen LogP contribution < -0.4 is 10.9 Å². The van der Waals surface area contributed by atoms with E-state index in [1.807, 2.05) is 24.3 Å². The molecule has 6 heteroatoms. The van der Waals surface area contributed by atoms with E-state index in [0.717, 1.165) is 36.6 Å². The predicted octanol–water partition coefficient (Wildman–Crippen LogP) is 3.23. The minimum absolute atomic E-state index is 0.0505. The van der Waals surface area contributed by atoms with E-state index in [2.05, 4.69) is 28.3 Å². The lowest BCUT2D eigenvalue weighted by molar-refractivity contribution is 0.0991. The Bertz CT molecular complexity index is 1030. The molecule has 1 aromatic heterocycles. The molecule has 28 heavy (non-hydrogen) atoms. The third kappa shape index (κ3) is 3.09. The summed E-state index contributed by atoms with van der Waals surface area (Å²) in [5.74, 6) is 1.41. The first-order chi connectivity index (χ1) is 13.6. The highest BCUT2D eigenvalue weighted by Gasteiger charge is 2.38. The summed E-state index contributed by atoms with van der Waals surface area (Å²) in [6.07, 6.45) is 5.69. The molecular formula is C22H23ClN4O. The fourth-order valence-electron chi connectivity index (χ4n) is 4.66. The Morgan fingerprint density at radius 2 is 1.96 bits per heavy atom. The van der Waals surface area contributed by atoms with Crippen LogP contribution in [0.25, 0.3) is 17.0 Å². The molecule has 0 spiro atoms. The van der Waals surface area contributed by atoms with Gasteiger partial charge >= 0.3 is 0 Å². The highest BCUT2D eigenvalue weighted by Crippen LogP contribution is 2.39. The Kier molecular flexibility index (Phi) is 4.37. The van der Waals surface area contributed by atoms with E-state index in [4.69, 9.17) is 11.6 Å². The first-order valence-electron chi connectivity index (χ1n) is 9.79. The Morgan fingerprint density at radius 3 is 2.68 bits per heavy atom. The third-order valence-electron chi connectivity index (χ3n) is 6.19. The van der Waals surface area contributed by atoms with E-state index in [1.165, 1.54) is 18.8 Å². The number of likely N-dealkylation sites (tertiary alicyclic amines) is 1. The first-order valence-corrected chi connectivity index (χ1v) is 10.2. The molecule has 3 aliphatic rings. The van der Waals surface area contributed by atoms with Crippen LogP contribution in [0.3, 0.4) is 0 Å². The van der Waals surface area contributed by atoms with Gasteiger partial charge in [-0.3, -0.25) is 9.36 Å². The molecule has 1 fully saturated rings. The summed E-state index contributed by atoms with van der Waals surface area (Å²) >= 11 is 5.94. The van der Waals surface area contributed by atoms with Crippen molar-refractivity contribution in [2.24, 2.45) is 11.8 Å². The Balaban J connectivity index is 1.41. The average Bonchev–Trinajstić information content (AvgIpc) is 3.08. The zero-order valence-corrected chi connectivity index (χ0v) is 16.6. The molecule has 1 aromatic carbocycles. The standard InChI is InChI=1S/C22H23ClN4O/c1-26-11-15(12-26)19-10-24-21-8-17(6-7-18(19)21)27-13-25-20(9-22(27)28)14-2-4-16(23)5-3-14/h2-5,8-9,13,15,19,24H,6-7,10-12H2,1H3. The van der Waals surface area contributed by atoms with Gasteiger partial charge < -0.3 is 10.2 Å². The van der Waals surface area contributed by atoms with Gasteiger partial charge in [0.15, 0.2) is 0 Å². The highest BCUT2D eigenvalue weighted by atomic mass is 35.5. The quantitative estimate of drug-likeness (QED) is 0.868. The van der Waals surface area contributed by atoms with Gasteiger partial charge in [0.1, 0.15) is 6.33 Å². The molecule has 0 radical (unpaired) electrons. The minimum atomic E-state index is -0.0505. The van der Waals surface area contributed by atoms with E-state index in [1.54, 1.807) is 22.5 Å². The molecule has 1 aliphatic carbocycles. The number of nitrogens with one attached hydrogen (secondary N) is 1. The second-order valence-corrected chi connectivity index (χ2v) is 8.47. The van der Waals surface area contributed by atoms with E-state index in [0.29, 0.717) is 16.6 Å². The van der Waals surface area contributed by atoms with E-state index < -0.39 is 0 Å². The molecule has 1 atom stereocenters. The molecule has 144 valence electrons. The number of benzene rings is 1. The van der Waals surface area contributed by atoms with E-state index >= 15 is 0 Å². The summed E-state index contributed by atoms with van der Waals surface area (Å²) in [6.45, 7) is 3.40. The largest absolute Gasteiger partial charge is 0.384 e. The third-order valence-corrected chi connectivity index (χ3v) is 6.44. The van der Waals surface area contributed by atoms with Crippen molar-refractivity contribution in [3.8, 4) is 11.3 Å². The number of halogens is 1. The van der Waals surface area contributed by atoms with Gasteiger partial charge in [-0.1, -0.05) is 23.7 Å². The van der Waals surface area contributed by atoms with E-state index in [-0.39, 0.29) is 5.56 Å². The van der Waals surface area contributed by atoms with Gasteiger partial charge in [0, 0.05) is 53.6 Å². The molecule has 2 aromatic rings. The second kappa shape index (κ2) is 6.90. The molecule has 2 aliphatic heterocycles. The molecule has 5 rings (SSSR count). The predicted molar refractivity (Wildman–Crippen MR) is 112 cm³/mol. The van der Waals surface area contributed by atoms with Crippen molar-refractivity contribution in [3.63, 3.8) is 0 Å². The van der Waals surface area contributed by atoms with Crippen LogP contribution in [0.15, 0.2) is 58.8 Å². The van der Waals surface area contributed by atoms with Gasteiger partial charge in [-0.2, -0.15) is 0 Å². The lowest BCUT2D eigenvalue weighted by Gasteiger charge is -2.41. The lowest BCUT2D eigenvalue weighted by atomic mass is 9.79. The number of aromatic nitrogens is 2. The van der Waals surface area contributed by atoms with Crippen LogP contribution in [-0.2, 0) is 0 Å². The Labute approximate surface area is 169 Å². The Hall–Kier alpha value is -2.37. The average molecular weight is 395 g/mol. The van der Waals surface area contributed by atoms with Crippen molar-refractivity contribution < 1.29 is 0 Å². The van der Waals surface area contributed by atoms with Crippen LogP contribution >= 0.6 is 11.6 Å². The zero-order valence-electron chi connectivity index (χ0n) is 15.9. The fourth-order valence-corrected chi connectivity index (χ4v) is 4.79. The summed E-state index contributed by atoms with van der Waals surface area (Å²) in [5.41, 5.74) is 5.28. The van der Waals surface area contributed by atoms with Crippen molar-refractivity contribution in [3.05, 3.63) is 69.4 Å². The normalized spacial score (nSPS) is 22.5. The molecule has 3 heterocycles. The van der Waals surface area contributed by atoms with Crippen LogP contribution in [0, 0.1) is 11.8 Å². The number of hydrogen-bond acceptors (Lipinski definition) is 4. The molecular weight excluding hydrogens is 372 g/mol. The van der Waals surface area contributed by atoms with Gasteiger partial charge in [-0.25, -0.2) is 4.98 Å². The first kappa shape index (κ1) is 17.7. The van der Waals surface area contributed by atoms with Gasteiger partial charge in [0.05, 0.1) is 5.69 Å². The maximum absolute atomic E-state index is 12.7.